The van der Waals surface area contributed by atoms with Gasteiger partial charge in [0.25, 0.3) is 5.91 Å². The second-order valence-corrected chi connectivity index (χ2v) is 10.2. The van der Waals surface area contributed by atoms with Crippen molar-refractivity contribution in [3.63, 3.8) is 0 Å². The Hall–Kier alpha value is -4.22. The summed E-state index contributed by atoms with van der Waals surface area (Å²) in [6, 6.07) is 17.2. The molecule has 1 aliphatic rings. The Morgan fingerprint density at radius 1 is 1.11 bits per heavy atom. The van der Waals surface area contributed by atoms with Gasteiger partial charge in [0.1, 0.15) is 23.2 Å². The number of fused-ring (bicyclic) bond motifs is 1. The van der Waals surface area contributed by atoms with Gasteiger partial charge in [0, 0.05) is 11.1 Å². The normalized spacial score (nSPS) is 15.8. The maximum Gasteiger partial charge on any atom is 0.296 e. The smallest absolute Gasteiger partial charge is 0.296 e. The first kappa shape index (κ1) is 23.2. The van der Waals surface area contributed by atoms with Gasteiger partial charge in [-0.25, -0.2) is 4.39 Å². The van der Waals surface area contributed by atoms with Crippen LogP contribution in [0.5, 0.6) is 0 Å². The molecule has 11 heteroatoms. The zero-order chi connectivity index (χ0) is 25.5. The Labute approximate surface area is 217 Å². The van der Waals surface area contributed by atoms with Crippen LogP contribution in [0.15, 0.2) is 97.5 Å². The van der Waals surface area contributed by atoms with Crippen molar-refractivity contribution in [3.8, 4) is 0 Å². The number of amides is 1. The van der Waals surface area contributed by atoms with Crippen LogP contribution in [0.2, 0.25) is 0 Å². The lowest BCUT2D eigenvalue weighted by Gasteiger charge is -2.21. The number of Topliss-reactive ketones (excluding diaryl/α,β-unsaturated/α-hetero) is 1. The lowest BCUT2D eigenvalue weighted by Crippen LogP contribution is -2.30. The lowest BCUT2D eigenvalue weighted by atomic mass is 10.00. The van der Waals surface area contributed by atoms with E-state index in [0.29, 0.717) is 26.6 Å². The Kier molecular flexibility index (Phi) is 5.85. The molecule has 1 atom stereocenters. The van der Waals surface area contributed by atoms with Gasteiger partial charge in [0.15, 0.2) is 15.9 Å². The average Bonchev–Trinajstić information content (AvgIpc) is 3.70. The molecule has 1 N–H and O–H groups in total. The molecule has 5 aromatic rings. The van der Waals surface area contributed by atoms with Crippen LogP contribution in [-0.4, -0.2) is 27.0 Å². The van der Waals surface area contributed by atoms with E-state index < -0.39 is 23.5 Å². The van der Waals surface area contributed by atoms with Crippen molar-refractivity contribution in [1.29, 1.82) is 0 Å². The number of hydrogen-bond acceptors (Lipinski definition) is 9. The number of ketones is 1. The third-order valence-corrected chi connectivity index (χ3v) is 7.93. The maximum absolute atomic E-state index is 14.0. The summed E-state index contributed by atoms with van der Waals surface area (Å²) in [5.74, 6) is -1.96. The number of carbonyl (C=O) groups excluding carboxylic acids is 2. The highest BCUT2D eigenvalue weighted by molar-refractivity contribution is 8.00. The number of halogens is 1. The van der Waals surface area contributed by atoms with Gasteiger partial charge in [-0.2, -0.15) is 0 Å². The van der Waals surface area contributed by atoms with Crippen molar-refractivity contribution >= 4 is 50.9 Å². The first-order chi connectivity index (χ1) is 18.0. The largest absolute Gasteiger partial charge is 0.503 e. The number of aliphatic hydroxyl groups is 1. The summed E-state index contributed by atoms with van der Waals surface area (Å²) in [6.07, 6.45) is 1.41. The molecule has 0 spiro atoms. The van der Waals surface area contributed by atoms with Crippen LogP contribution in [0.3, 0.4) is 0 Å². The molecule has 1 amide bonds. The van der Waals surface area contributed by atoms with Gasteiger partial charge in [-0.1, -0.05) is 59.5 Å². The predicted octanol–water partition coefficient (Wildman–Crippen LogP) is 6.09. The van der Waals surface area contributed by atoms with Crippen LogP contribution in [0.4, 0.5) is 9.52 Å². The molecule has 3 aromatic heterocycles. The molecule has 4 heterocycles. The fourth-order valence-electron chi connectivity index (χ4n) is 4.09. The summed E-state index contributed by atoms with van der Waals surface area (Å²) in [6.45, 7) is 0. The van der Waals surface area contributed by atoms with E-state index in [1.165, 1.54) is 29.0 Å². The first-order valence-corrected chi connectivity index (χ1v) is 12.8. The first-order valence-electron chi connectivity index (χ1n) is 11.0. The van der Waals surface area contributed by atoms with E-state index in [9.17, 15) is 19.1 Å². The van der Waals surface area contributed by atoms with E-state index >= 15 is 0 Å². The van der Waals surface area contributed by atoms with Crippen molar-refractivity contribution in [1.82, 2.24) is 10.2 Å². The molecule has 1 unspecified atom stereocenters. The molecule has 0 saturated heterocycles. The van der Waals surface area contributed by atoms with Crippen molar-refractivity contribution < 1.29 is 27.9 Å². The van der Waals surface area contributed by atoms with Gasteiger partial charge >= 0.3 is 0 Å². The van der Waals surface area contributed by atoms with Crippen molar-refractivity contribution in [2.24, 2.45) is 0 Å². The number of thioether (sulfide) groups is 1. The number of nitrogens with zero attached hydrogens (tertiary/aromatic N) is 3. The number of rotatable bonds is 7. The second-order valence-electron chi connectivity index (χ2n) is 8.06. The molecular formula is C26H16FN3O5S2. The standard InChI is InChI=1S/C26H16FN3O5S2/c27-16-8-3-1-7-15(16)13-36-26-29-28-25(37-26)30-21(18-10-5-11-34-18)20(23(32)24(30)33)22(31)19-12-14-6-2-4-9-17(14)35-19/h1-12,21,32H,13H2. The zero-order valence-electron chi connectivity index (χ0n) is 18.8. The number of aromatic nitrogens is 2. The number of hydrogen-bond donors (Lipinski definition) is 1. The average molecular weight is 534 g/mol. The summed E-state index contributed by atoms with van der Waals surface area (Å²) in [5, 5.41) is 20.0. The Morgan fingerprint density at radius 2 is 1.92 bits per heavy atom. The SMILES string of the molecule is O=C(C1=C(O)C(=O)N(c2nnc(SCc3ccccc3F)s2)C1c1ccco1)c1cc2ccccc2o1. The van der Waals surface area contributed by atoms with Crippen molar-refractivity contribution in [2.75, 3.05) is 4.90 Å². The van der Waals surface area contributed by atoms with E-state index in [0.717, 1.165) is 11.3 Å². The van der Waals surface area contributed by atoms with Crippen molar-refractivity contribution in [2.45, 2.75) is 16.1 Å². The topological polar surface area (TPSA) is 110 Å². The quantitative estimate of drug-likeness (QED) is 0.152. The summed E-state index contributed by atoms with van der Waals surface area (Å²) < 4.78 is 25.7. The Bertz CT molecular complexity index is 1640. The molecule has 0 fully saturated rings. The summed E-state index contributed by atoms with van der Waals surface area (Å²) in [7, 11) is 0. The molecule has 1 aliphatic heterocycles. The number of anilines is 1. The Morgan fingerprint density at radius 3 is 2.70 bits per heavy atom. The minimum Gasteiger partial charge on any atom is -0.503 e. The second kappa shape index (κ2) is 9.34. The van der Waals surface area contributed by atoms with Gasteiger partial charge in [-0.05, 0) is 35.9 Å². The van der Waals surface area contributed by atoms with Gasteiger partial charge in [-0.3, -0.25) is 14.5 Å². The number of para-hydroxylation sites is 1. The third kappa shape index (κ3) is 4.11. The highest BCUT2D eigenvalue weighted by Crippen LogP contribution is 2.44. The summed E-state index contributed by atoms with van der Waals surface area (Å²) in [4.78, 5) is 28.0. The molecule has 0 saturated carbocycles. The summed E-state index contributed by atoms with van der Waals surface area (Å²) in [5.41, 5.74) is 0.824. The predicted molar refractivity (Wildman–Crippen MR) is 135 cm³/mol. The van der Waals surface area contributed by atoms with Gasteiger partial charge < -0.3 is 13.9 Å². The van der Waals surface area contributed by atoms with Crippen LogP contribution in [0.1, 0.15) is 27.9 Å². The fourth-order valence-corrected chi connectivity index (χ4v) is 5.94. The molecule has 8 nitrogen and oxygen atoms in total. The highest BCUT2D eigenvalue weighted by atomic mass is 32.2. The van der Waals surface area contributed by atoms with E-state index in [4.69, 9.17) is 8.83 Å². The van der Waals surface area contributed by atoms with E-state index in [2.05, 4.69) is 10.2 Å². The highest BCUT2D eigenvalue weighted by Gasteiger charge is 2.48. The van der Waals surface area contributed by atoms with Crippen LogP contribution >= 0.6 is 23.1 Å². The maximum atomic E-state index is 14.0. The van der Waals surface area contributed by atoms with Crippen LogP contribution in [-0.2, 0) is 10.5 Å². The monoisotopic (exact) mass is 533 g/mol. The molecule has 2 aromatic carbocycles. The number of benzene rings is 2. The number of furan rings is 2. The van der Waals surface area contributed by atoms with E-state index in [1.807, 2.05) is 6.07 Å². The van der Waals surface area contributed by atoms with E-state index in [-0.39, 0.29) is 28.0 Å². The fraction of sp³-hybridized carbons (Fsp3) is 0.0769. The Balaban J connectivity index is 1.33. The molecule has 6 rings (SSSR count). The van der Waals surface area contributed by atoms with Gasteiger partial charge in [0.05, 0.1) is 11.8 Å². The molecule has 0 aliphatic carbocycles. The van der Waals surface area contributed by atoms with Crippen LogP contribution in [0.25, 0.3) is 11.0 Å². The number of carbonyl (C=O) groups is 2. The lowest BCUT2D eigenvalue weighted by molar-refractivity contribution is -0.117. The van der Waals surface area contributed by atoms with Gasteiger partial charge in [-0.15, -0.1) is 10.2 Å². The molecular weight excluding hydrogens is 517 g/mol. The zero-order valence-corrected chi connectivity index (χ0v) is 20.5. The van der Waals surface area contributed by atoms with Crippen molar-refractivity contribution in [3.05, 3.63) is 107 Å². The third-order valence-electron chi connectivity index (χ3n) is 5.83. The van der Waals surface area contributed by atoms with E-state index in [1.54, 1.807) is 54.6 Å². The minimum atomic E-state index is -1.08. The summed E-state index contributed by atoms with van der Waals surface area (Å²) >= 11 is 2.34. The minimum absolute atomic E-state index is 0.0210. The van der Waals surface area contributed by atoms with Crippen LogP contribution < -0.4 is 4.90 Å². The molecule has 0 bridgehead atoms. The molecule has 0 radical (unpaired) electrons. The number of aliphatic hydroxyl groups excluding tert-OH is 1. The molecule has 184 valence electrons. The van der Waals surface area contributed by atoms with Gasteiger partial charge in [0.2, 0.25) is 10.9 Å². The van der Waals surface area contributed by atoms with Crippen LogP contribution in [0, 0.1) is 5.82 Å². The molecule has 37 heavy (non-hydrogen) atoms.